The van der Waals surface area contributed by atoms with Crippen LogP contribution in [0.25, 0.3) is 5.65 Å². The predicted molar refractivity (Wildman–Crippen MR) is 88.9 cm³/mol. The zero-order valence-corrected chi connectivity index (χ0v) is 15.9. The third kappa shape index (κ3) is 4.22. The standard InChI is InChI=1S/C18H23N3O4.Li/c1-17(2,3)25-16(24)21(18(4)5-6-18)11-12-9-13(15(22)23)14-19-7-8-20(14)10-12;/h7-10H,5-6,11H2,1-4H3,(H,22,23);/q;+1/p-1. The number of rotatable bonds is 4. The first kappa shape index (κ1) is 20.3. The van der Waals surface area contributed by atoms with Crippen molar-refractivity contribution in [2.45, 2.75) is 58.2 Å². The summed E-state index contributed by atoms with van der Waals surface area (Å²) in [4.78, 5) is 29.8. The quantitative estimate of drug-likeness (QED) is 0.659. The molecule has 134 valence electrons. The number of hydrogen-bond acceptors (Lipinski definition) is 5. The predicted octanol–water partition coefficient (Wildman–Crippen LogP) is -1.01. The number of carbonyl (C=O) groups is 2. The van der Waals surface area contributed by atoms with Gasteiger partial charge in [-0.2, -0.15) is 0 Å². The number of nitrogens with zero attached hydrogens (tertiary/aromatic N) is 3. The molecule has 26 heavy (non-hydrogen) atoms. The zero-order chi connectivity index (χ0) is 18.4. The maximum atomic E-state index is 12.6. The first-order valence-electron chi connectivity index (χ1n) is 8.27. The third-order valence-corrected chi connectivity index (χ3v) is 4.34. The first-order chi connectivity index (χ1) is 11.6. The largest absolute Gasteiger partial charge is 1.00 e. The van der Waals surface area contributed by atoms with Gasteiger partial charge in [0.05, 0.1) is 12.5 Å². The molecule has 1 aliphatic rings. The van der Waals surface area contributed by atoms with Crippen LogP contribution in [0.5, 0.6) is 0 Å². The Morgan fingerprint density at radius 2 is 2.04 bits per heavy atom. The molecular formula is C18H22LiN3O4. The number of carboxylic acid groups (broad SMARTS) is 1. The van der Waals surface area contributed by atoms with Crippen molar-refractivity contribution in [1.82, 2.24) is 14.3 Å². The molecule has 7 nitrogen and oxygen atoms in total. The van der Waals surface area contributed by atoms with Gasteiger partial charge in [0, 0.05) is 29.7 Å². The molecule has 0 atom stereocenters. The summed E-state index contributed by atoms with van der Waals surface area (Å²) < 4.78 is 7.16. The van der Waals surface area contributed by atoms with Crippen molar-refractivity contribution in [2.75, 3.05) is 0 Å². The molecular weight excluding hydrogens is 329 g/mol. The molecule has 1 amide bonds. The molecule has 0 saturated heterocycles. The van der Waals surface area contributed by atoms with Crippen molar-refractivity contribution in [3.8, 4) is 0 Å². The van der Waals surface area contributed by atoms with Crippen molar-refractivity contribution in [1.29, 1.82) is 0 Å². The summed E-state index contributed by atoms with van der Waals surface area (Å²) in [6.45, 7) is 7.74. The van der Waals surface area contributed by atoms with Crippen LogP contribution >= 0.6 is 0 Å². The average Bonchev–Trinajstić information content (AvgIpc) is 3.05. The molecule has 2 aromatic rings. The van der Waals surface area contributed by atoms with Gasteiger partial charge in [0.25, 0.3) is 0 Å². The van der Waals surface area contributed by atoms with E-state index in [1.807, 2.05) is 27.7 Å². The summed E-state index contributed by atoms with van der Waals surface area (Å²) in [5.74, 6) is -1.29. The van der Waals surface area contributed by atoms with E-state index in [4.69, 9.17) is 4.74 Å². The van der Waals surface area contributed by atoms with E-state index in [2.05, 4.69) is 4.98 Å². The summed E-state index contributed by atoms with van der Waals surface area (Å²) in [5.41, 5.74) is 0.167. The van der Waals surface area contributed by atoms with Gasteiger partial charge in [0.2, 0.25) is 0 Å². The van der Waals surface area contributed by atoms with Crippen LogP contribution in [0.4, 0.5) is 4.79 Å². The van der Waals surface area contributed by atoms with Crippen LogP contribution in [0.2, 0.25) is 0 Å². The van der Waals surface area contributed by atoms with Gasteiger partial charge in [-0.3, -0.25) is 4.90 Å². The van der Waals surface area contributed by atoms with Crippen LogP contribution in [0.3, 0.4) is 0 Å². The normalized spacial score (nSPS) is 15.2. The minimum Gasteiger partial charge on any atom is -0.545 e. The van der Waals surface area contributed by atoms with E-state index in [1.54, 1.807) is 21.7 Å². The van der Waals surface area contributed by atoms with Crippen molar-refractivity contribution in [3.63, 3.8) is 0 Å². The number of carbonyl (C=O) groups excluding carboxylic acids is 2. The van der Waals surface area contributed by atoms with Crippen LogP contribution in [0, 0.1) is 0 Å². The van der Waals surface area contributed by atoms with Crippen molar-refractivity contribution < 1.29 is 38.3 Å². The van der Waals surface area contributed by atoms with Gasteiger partial charge in [0.15, 0.2) is 0 Å². The van der Waals surface area contributed by atoms with Crippen LogP contribution in [-0.4, -0.2) is 37.5 Å². The molecule has 0 bridgehead atoms. The maximum Gasteiger partial charge on any atom is 1.00 e. The van der Waals surface area contributed by atoms with Crippen LogP contribution in [-0.2, 0) is 11.3 Å². The van der Waals surface area contributed by atoms with Gasteiger partial charge in [-0.15, -0.1) is 0 Å². The number of carboxylic acids is 1. The van der Waals surface area contributed by atoms with Crippen LogP contribution in [0.15, 0.2) is 24.7 Å². The van der Waals surface area contributed by atoms with E-state index in [-0.39, 0.29) is 36.5 Å². The van der Waals surface area contributed by atoms with Gasteiger partial charge < -0.3 is 19.0 Å². The number of ether oxygens (including phenoxy) is 1. The Labute approximate surface area is 164 Å². The van der Waals surface area contributed by atoms with E-state index in [1.165, 1.54) is 12.3 Å². The Balaban J connectivity index is 0.00000243. The van der Waals surface area contributed by atoms with E-state index in [0.29, 0.717) is 11.2 Å². The minimum atomic E-state index is -1.29. The Morgan fingerprint density at radius 1 is 1.38 bits per heavy atom. The number of imidazole rings is 1. The average molecular weight is 351 g/mol. The second-order valence-corrected chi connectivity index (χ2v) is 7.77. The molecule has 1 fully saturated rings. The Hall–Kier alpha value is -1.97. The number of amides is 1. The summed E-state index contributed by atoms with van der Waals surface area (Å²) in [6.07, 6.45) is 6.37. The van der Waals surface area contributed by atoms with E-state index in [0.717, 1.165) is 12.8 Å². The fourth-order valence-electron chi connectivity index (χ4n) is 2.75. The fraction of sp³-hybridized carbons (Fsp3) is 0.500. The molecule has 1 saturated carbocycles. The fourth-order valence-corrected chi connectivity index (χ4v) is 2.75. The third-order valence-electron chi connectivity index (χ3n) is 4.34. The topological polar surface area (TPSA) is 87.0 Å². The molecule has 0 radical (unpaired) electrons. The molecule has 0 N–H and O–H groups in total. The number of aromatic nitrogens is 2. The van der Waals surface area contributed by atoms with E-state index in [9.17, 15) is 14.7 Å². The summed E-state index contributed by atoms with van der Waals surface area (Å²) in [7, 11) is 0. The van der Waals surface area contributed by atoms with Gasteiger partial charge in [-0.1, -0.05) is 0 Å². The minimum absolute atomic E-state index is 0. The molecule has 8 heteroatoms. The van der Waals surface area contributed by atoms with E-state index < -0.39 is 17.7 Å². The van der Waals surface area contributed by atoms with Crippen molar-refractivity contribution in [2.24, 2.45) is 0 Å². The second kappa shape index (κ2) is 6.97. The number of pyridine rings is 1. The summed E-state index contributed by atoms with van der Waals surface area (Å²) in [6, 6.07) is 1.51. The Morgan fingerprint density at radius 3 is 2.58 bits per heavy atom. The number of hydrogen-bond donors (Lipinski definition) is 0. The Kier molecular flexibility index (Phi) is 5.46. The molecule has 0 unspecified atom stereocenters. The van der Waals surface area contributed by atoms with Crippen molar-refractivity contribution in [3.05, 3.63) is 35.8 Å². The molecule has 0 aromatic carbocycles. The zero-order valence-electron chi connectivity index (χ0n) is 15.9. The smallest absolute Gasteiger partial charge is 0.545 e. The van der Waals surface area contributed by atoms with E-state index >= 15 is 0 Å². The summed E-state index contributed by atoms with van der Waals surface area (Å²) >= 11 is 0. The Bertz CT molecular complexity index is 837. The summed E-state index contributed by atoms with van der Waals surface area (Å²) in [5, 5.41) is 11.4. The molecule has 2 aromatic heterocycles. The van der Waals surface area contributed by atoms with Gasteiger partial charge >= 0.3 is 25.0 Å². The first-order valence-corrected chi connectivity index (χ1v) is 8.27. The number of fused-ring (bicyclic) bond motifs is 1. The molecule has 3 rings (SSSR count). The molecule has 0 spiro atoms. The SMILES string of the molecule is CC(C)(C)OC(=O)N(Cc1cc(C(=O)[O-])c2nccn2c1)C1(C)CC1.[Li+]. The molecule has 0 aliphatic heterocycles. The molecule has 2 heterocycles. The van der Waals surface area contributed by atoms with Crippen molar-refractivity contribution >= 4 is 17.7 Å². The number of aromatic carboxylic acids is 1. The van der Waals surface area contributed by atoms with Gasteiger partial charge in [-0.05, 0) is 52.2 Å². The monoisotopic (exact) mass is 351 g/mol. The molecule has 1 aliphatic carbocycles. The second-order valence-electron chi connectivity index (χ2n) is 7.77. The van der Waals surface area contributed by atoms with Gasteiger partial charge in [0.1, 0.15) is 11.2 Å². The van der Waals surface area contributed by atoms with Crippen LogP contribution in [0.1, 0.15) is 56.5 Å². The van der Waals surface area contributed by atoms with Crippen LogP contribution < -0.4 is 24.0 Å². The van der Waals surface area contributed by atoms with Gasteiger partial charge in [-0.25, -0.2) is 9.78 Å². The maximum absolute atomic E-state index is 12.6.